The van der Waals surface area contributed by atoms with Gasteiger partial charge in [0.15, 0.2) is 2.14 Å². The Morgan fingerprint density at radius 3 is 2.07 bits per heavy atom. The Bertz CT molecular complexity index is 257. The summed E-state index contributed by atoms with van der Waals surface area (Å²) in [5.41, 5.74) is -0.105. The van der Waals surface area contributed by atoms with Crippen LogP contribution in [0.4, 0.5) is 0 Å². The van der Waals surface area contributed by atoms with Gasteiger partial charge < -0.3 is 5.11 Å². The van der Waals surface area contributed by atoms with Gasteiger partial charge in [0, 0.05) is 11.8 Å². The largest absolute Gasteiger partial charge is 0.390 e. The molecular formula is C9H13Br3O2. The molecule has 5 heteroatoms. The lowest BCUT2D eigenvalue weighted by molar-refractivity contribution is -0.119. The molecule has 1 aliphatic rings. The van der Waals surface area contributed by atoms with Crippen LogP contribution >= 0.6 is 47.8 Å². The first-order valence-electron chi connectivity index (χ1n) is 4.35. The summed E-state index contributed by atoms with van der Waals surface area (Å²) in [6, 6.07) is 0. The van der Waals surface area contributed by atoms with Crippen molar-refractivity contribution in [2.75, 3.05) is 0 Å². The normalized spacial score (nSPS) is 32.5. The molecule has 0 spiro atoms. The minimum absolute atomic E-state index is 0.00174. The van der Waals surface area contributed by atoms with Crippen LogP contribution in [0.2, 0.25) is 0 Å². The first-order valence-corrected chi connectivity index (χ1v) is 6.73. The van der Waals surface area contributed by atoms with Crippen molar-refractivity contribution in [3.05, 3.63) is 0 Å². The Hall–Kier alpha value is 1.07. The summed E-state index contributed by atoms with van der Waals surface area (Å²) in [7, 11) is 0. The third-order valence-corrected chi connectivity index (χ3v) is 4.43. The quantitative estimate of drug-likeness (QED) is 0.733. The van der Waals surface area contributed by atoms with Gasteiger partial charge in [0.05, 0.1) is 6.10 Å². The van der Waals surface area contributed by atoms with E-state index in [0.717, 1.165) is 0 Å². The second-order valence-corrected chi connectivity index (χ2v) is 11.4. The lowest BCUT2D eigenvalue weighted by Crippen LogP contribution is -2.28. The molecule has 0 radical (unpaired) electrons. The smallest absolute Gasteiger partial charge is 0.160 e. The van der Waals surface area contributed by atoms with Gasteiger partial charge in [-0.05, 0) is 12.3 Å². The highest BCUT2D eigenvalue weighted by atomic mass is 80.0. The molecule has 1 unspecified atom stereocenters. The number of Topliss-reactive ketones (excluding diaryl/α,β-unsaturated/α-hetero) is 1. The number of alkyl halides is 3. The Labute approximate surface area is 109 Å². The molecule has 2 nitrogen and oxygen atoms in total. The fourth-order valence-electron chi connectivity index (χ4n) is 2.25. The van der Waals surface area contributed by atoms with Crippen LogP contribution in [-0.4, -0.2) is 19.1 Å². The molecule has 1 N–H and O–H groups in total. The fraction of sp³-hybridized carbons (Fsp3) is 0.889. The Morgan fingerprint density at radius 2 is 1.86 bits per heavy atom. The number of halogens is 3. The maximum absolute atomic E-state index is 11.3. The third kappa shape index (κ3) is 2.25. The zero-order valence-corrected chi connectivity index (χ0v) is 13.0. The summed E-state index contributed by atoms with van der Waals surface area (Å²) >= 11 is 9.85. The van der Waals surface area contributed by atoms with Crippen LogP contribution in [-0.2, 0) is 4.79 Å². The van der Waals surface area contributed by atoms with Gasteiger partial charge in [0.1, 0.15) is 5.78 Å². The average Bonchev–Trinajstić information content (AvgIpc) is 2.49. The predicted octanol–water partition coefficient (Wildman–Crippen LogP) is 3.05. The molecule has 0 aromatic heterocycles. The third-order valence-electron chi connectivity index (χ3n) is 3.02. The summed E-state index contributed by atoms with van der Waals surface area (Å²) in [5.74, 6) is 0.110. The van der Waals surface area contributed by atoms with E-state index in [-0.39, 0.29) is 23.0 Å². The van der Waals surface area contributed by atoms with Crippen molar-refractivity contribution in [2.45, 2.75) is 29.0 Å². The van der Waals surface area contributed by atoms with E-state index in [1.165, 1.54) is 0 Å². The lowest BCUT2D eigenvalue weighted by Gasteiger charge is -2.21. The van der Waals surface area contributed by atoms with Gasteiger partial charge in [-0.1, -0.05) is 61.6 Å². The van der Waals surface area contributed by atoms with Gasteiger partial charge in [-0.25, -0.2) is 0 Å². The number of rotatable bonds is 2. The first kappa shape index (κ1) is 13.1. The fourth-order valence-corrected chi connectivity index (χ4v) is 3.10. The zero-order valence-electron chi connectivity index (χ0n) is 8.22. The molecule has 0 aromatic carbocycles. The molecule has 0 amide bonds. The first-order chi connectivity index (χ1) is 6.10. The summed E-state index contributed by atoms with van der Waals surface area (Å²) < 4.78 is -0.695. The lowest BCUT2D eigenvalue weighted by atomic mass is 10.1. The summed E-state index contributed by atoms with van der Waals surface area (Å²) in [5, 5.41) is 9.99. The molecular weight excluding hydrogens is 380 g/mol. The average molecular weight is 393 g/mol. The minimum Gasteiger partial charge on any atom is -0.390 e. The molecule has 1 rings (SSSR count). The van der Waals surface area contributed by atoms with Crippen molar-refractivity contribution in [2.24, 2.45) is 17.3 Å². The van der Waals surface area contributed by atoms with E-state index in [1.807, 2.05) is 13.8 Å². The van der Waals surface area contributed by atoms with E-state index in [4.69, 9.17) is 0 Å². The maximum Gasteiger partial charge on any atom is 0.160 e. The molecule has 82 valence electrons. The predicted molar refractivity (Wildman–Crippen MR) is 67.0 cm³/mol. The van der Waals surface area contributed by atoms with Crippen molar-refractivity contribution < 1.29 is 9.90 Å². The molecule has 1 saturated carbocycles. The SMILES string of the molecule is CC(=O)[C@@H]1[C@H](C(O)C(Br)(Br)Br)C1(C)C. The number of carbonyl (C=O) groups excluding carboxylic acids is 1. The number of hydrogen-bond donors (Lipinski definition) is 1. The Kier molecular flexibility index (Phi) is 3.59. The monoisotopic (exact) mass is 390 g/mol. The number of ketones is 1. The van der Waals surface area contributed by atoms with E-state index in [1.54, 1.807) is 6.92 Å². The minimum atomic E-state index is -0.695. The maximum atomic E-state index is 11.3. The molecule has 0 heterocycles. The summed E-state index contributed by atoms with van der Waals surface area (Å²) in [6.45, 7) is 5.59. The topological polar surface area (TPSA) is 37.3 Å². The molecule has 14 heavy (non-hydrogen) atoms. The van der Waals surface area contributed by atoms with Crippen LogP contribution in [0, 0.1) is 17.3 Å². The van der Waals surface area contributed by atoms with Crippen LogP contribution in [0.5, 0.6) is 0 Å². The molecule has 0 aliphatic heterocycles. The van der Waals surface area contributed by atoms with Crippen molar-refractivity contribution >= 4 is 53.6 Å². The second kappa shape index (κ2) is 3.82. The number of aliphatic hydroxyl groups excluding tert-OH is 1. The van der Waals surface area contributed by atoms with Gasteiger partial charge in [0.2, 0.25) is 0 Å². The molecule has 0 aromatic rings. The van der Waals surface area contributed by atoms with Gasteiger partial charge in [-0.2, -0.15) is 0 Å². The van der Waals surface area contributed by atoms with E-state index < -0.39 is 8.25 Å². The standard InChI is InChI=1S/C9H13Br3O2/c1-4(13)5-6(8(5,2)3)7(14)9(10,11)12/h5-7,14H,1-3H3/t5-,6-,7?/m1/s1. The van der Waals surface area contributed by atoms with E-state index in [0.29, 0.717) is 0 Å². The van der Waals surface area contributed by atoms with Gasteiger partial charge >= 0.3 is 0 Å². The second-order valence-electron chi connectivity index (χ2n) is 4.42. The van der Waals surface area contributed by atoms with E-state index >= 15 is 0 Å². The highest BCUT2D eigenvalue weighted by molar-refractivity contribution is 9.39. The molecule has 0 saturated heterocycles. The summed E-state index contributed by atoms with van der Waals surface area (Å²) in [4.78, 5) is 11.3. The van der Waals surface area contributed by atoms with Gasteiger partial charge in [-0.3, -0.25) is 4.79 Å². The van der Waals surface area contributed by atoms with Crippen LogP contribution in [0.1, 0.15) is 20.8 Å². The number of hydrogen-bond acceptors (Lipinski definition) is 2. The van der Waals surface area contributed by atoms with Crippen LogP contribution < -0.4 is 0 Å². The van der Waals surface area contributed by atoms with Crippen LogP contribution in [0.25, 0.3) is 0 Å². The van der Waals surface area contributed by atoms with E-state index in [9.17, 15) is 9.90 Å². The van der Waals surface area contributed by atoms with Crippen LogP contribution in [0.3, 0.4) is 0 Å². The van der Waals surface area contributed by atoms with Crippen molar-refractivity contribution in [1.82, 2.24) is 0 Å². The zero-order chi connectivity index (χ0) is 11.3. The molecule has 0 bridgehead atoms. The highest BCUT2D eigenvalue weighted by Crippen LogP contribution is 2.63. The number of aliphatic hydroxyl groups is 1. The Balaban J connectivity index is 2.79. The highest BCUT2D eigenvalue weighted by Gasteiger charge is 2.65. The van der Waals surface area contributed by atoms with Gasteiger partial charge in [-0.15, -0.1) is 0 Å². The molecule has 1 fully saturated rings. The van der Waals surface area contributed by atoms with Crippen LogP contribution in [0.15, 0.2) is 0 Å². The molecule has 1 aliphatic carbocycles. The van der Waals surface area contributed by atoms with Crippen molar-refractivity contribution in [3.63, 3.8) is 0 Å². The van der Waals surface area contributed by atoms with Gasteiger partial charge in [0.25, 0.3) is 0 Å². The molecule has 3 atom stereocenters. The summed E-state index contributed by atoms with van der Waals surface area (Å²) in [6.07, 6.45) is -0.633. The van der Waals surface area contributed by atoms with E-state index in [2.05, 4.69) is 47.8 Å². The number of carbonyl (C=O) groups is 1. The Morgan fingerprint density at radius 1 is 1.43 bits per heavy atom. The van der Waals surface area contributed by atoms with Crippen molar-refractivity contribution in [1.29, 1.82) is 0 Å². The van der Waals surface area contributed by atoms with Crippen molar-refractivity contribution in [3.8, 4) is 0 Å².